The molecule has 1 aromatic carbocycles. The average Bonchev–Trinajstić information content (AvgIpc) is 2.96. The molecule has 0 spiro atoms. The van der Waals surface area contributed by atoms with Crippen molar-refractivity contribution in [1.82, 2.24) is 9.80 Å². The Morgan fingerprint density at radius 2 is 1.53 bits per heavy atom. The van der Waals surface area contributed by atoms with E-state index >= 15 is 0 Å². The molecule has 2 aliphatic heterocycles. The Kier molecular flexibility index (Phi) is 5.32. The van der Waals surface area contributed by atoms with Crippen molar-refractivity contribution in [1.29, 1.82) is 0 Å². The number of halogens is 8. The molecule has 0 aliphatic carbocycles. The summed E-state index contributed by atoms with van der Waals surface area (Å²) in [6.07, 6.45) is -8.52. The molecular weight excluding hydrogens is 428 g/mol. The van der Waals surface area contributed by atoms with E-state index in [9.17, 15) is 44.7 Å². The number of hydrogen-bond donors (Lipinski definition) is 0. The van der Waals surface area contributed by atoms with Gasteiger partial charge in [-0.05, 0) is 23.8 Å². The fraction of sp³-hybridized carbons (Fsp3) is 0.444. The van der Waals surface area contributed by atoms with Crippen LogP contribution >= 0.6 is 0 Å². The second-order valence-corrected chi connectivity index (χ2v) is 7.15. The Morgan fingerprint density at radius 3 is 2.00 bits per heavy atom. The predicted octanol–water partition coefficient (Wildman–Crippen LogP) is 4.03. The lowest BCUT2D eigenvalue weighted by Crippen LogP contribution is -2.58. The summed E-state index contributed by atoms with van der Waals surface area (Å²) in [5.74, 6) is -5.34. The van der Waals surface area contributed by atoms with Crippen molar-refractivity contribution in [2.75, 3.05) is 19.6 Å². The minimum atomic E-state index is -5.01. The van der Waals surface area contributed by atoms with E-state index in [1.165, 1.54) is 0 Å². The van der Waals surface area contributed by atoms with Gasteiger partial charge in [0.1, 0.15) is 0 Å². The molecule has 0 bridgehead atoms. The molecule has 4 nitrogen and oxygen atoms in total. The maximum absolute atomic E-state index is 13.0. The topological polar surface area (TPSA) is 40.6 Å². The van der Waals surface area contributed by atoms with Gasteiger partial charge in [-0.15, -0.1) is 0 Å². The van der Waals surface area contributed by atoms with Gasteiger partial charge in [-0.25, -0.2) is 8.78 Å². The molecule has 1 aromatic rings. The summed E-state index contributed by atoms with van der Waals surface area (Å²) in [4.78, 5) is 25.6. The van der Waals surface area contributed by atoms with E-state index in [4.69, 9.17) is 0 Å². The summed E-state index contributed by atoms with van der Waals surface area (Å²) in [6.45, 7) is -1.79. The van der Waals surface area contributed by atoms with Crippen LogP contribution in [0.4, 0.5) is 35.1 Å². The molecule has 0 N–H and O–H groups in total. The van der Waals surface area contributed by atoms with E-state index in [2.05, 4.69) is 0 Å². The molecule has 2 heterocycles. The maximum atomic E-state index is 13.0. The molecule has 0 aromatic heterocycles. The van der Waals surface area contributed by atoms with E-state index in [-0.39, 0.29) is 24.6 Å². The number of nitrogens with zero attached hydrogens (tertiary/aromatic N) is 2. The van der Waals surface area contributed by atoms with Gasteiger partial charge in [-0.1, -0.05) is 0 Å². The van der Waals surface area contributed by atoms with Crippen LogP contribution in [0.25, 0.3) is 0 Å². The van der Waals surface area contributed by atoms with Crippen molar-refractivity contribution in [3.63, 3.8) is 0 Å². The lowest BCUT2D eigenvalue weighted by atomic mass is 9.94. The molecule has 164 valence electrons. The van der Waals surface area contributed by atoms with Crippen LogP contribution in [0.1, 0.15) is 29.0 Å². The lowest BCUT2D eigenvalue weighted by molar-refractivity contribution is -0.160. The van der Waals surface area contributed by atoms with Gasteiger partial charge < -0.3 is 9.80 Å². The standard InChI is InChI=1S/C18H14F8N2O2/c19-16(20)8-28(9-16)14(29)1-2-27-7-11(5-15(27)30)10-3-12(17(21,22)23)6-13(4-10)18(24,25)26/h1-4,6,11H,5,7-9H2/b2-1-. The van der Waals surface area contributed by atoms with Crippen LogP contribution in [0.2, 0.25) is 0 Å². The summed E-state index contributed by atoms with van der Waals surface area (Å²) in [5, 5.41) is 0. The van der Waals surface area contributed by atoms with E-state index in [0.29, 0.717) is 12.1 Å². The minimum Gasteiger partial charge on any atom is -0.327 e. The SMILES string of the molecule is O=C1CC(c2cc(C(F)(F)F)cc(C(F)(F)F)c2)CN1/C=C\C(=O)N1CC(F)(F)C1. The highest BCUT2D eigenvalue weighted by Crippen LogP contribution is 2.39. The highest BCUT2D eigenvalue weighted by atomic mass is 19.4. The molecule has 2 aliphatic rings. The molecule has 0 radical (unpaired) electrons. The number of likely N-dealkylation sites (tertiary alicyclic amines) is 2. The Labute approximate surface area is 164 Å². The molecular formula is C18H14F8N2O2. The summed E-state index contributed by atoms with van der Waals surface area (Å²) < 4.78 is 104. The molecule has 30 heavy (non-hydrogen) atoms. The molecule has 0 saturated carbocycles. The van der Waals surface area contributed by atoms with Crippen LogP contribution in [0.5, 0.6) is 0 Å². The van der Waals surface area contributed by atoms with Crippen LogP contribution < -0.4 is 0 Å². The van der Waals surface area contributed by atoms with Gasteiger partial charge in [0.15, 0.2) is 0 Å². The first kappa shape index (κ1) is 22.0. The van der Waals surface area contributed by atoms with Gasteiger partial charge in [-0.2, -0.15) is 26.3 Å². The Morgan fingerprint density at radius 1 is 1.00 bits per heavy atom. The zero-order valence-corrected chi connectivity index (χ0v) is 15.0. The predicted molar refractivity (Wildman–Crippen MR) is 86.2 cm³/mol. The molecule has 2 fully saturated rings. The highest BCUT2D eigenvalue weighted by Gasteiger charge is 2.45. The number of alkyl halides is 8. The number of hydrogen-bond acceptors (Lipinski definition) is 2. The Balaban J connectivity index is 1.77. The van der Waals surface area contributed by atoms with Crippen molar-refractivity contribution in [3.8, 4) is 0 Å². The molecule has 2 saturated heterocycles. The quantitative estimate of drug-likeness (QED) is 0.524. The number of rotatable bonds is 3. The lowest BCUT2D eigenvalue weighted by Gasteiger charge is -2.38. The summed E-state index contributed by atoms with van der Waals surface area (Å²) >= 11 is 0. The Bertz CT molecular complexity index is 851. The third-order valence-corrected chi connectivity index (χ3v) is 4.79. The van der Waals surface area contributed by atoms with E-state index in [1.54, 1.807) is 0 Å². The van der Waals surface area contributed by atoms with Crippen LogP contribution in [0, 0.1) is 0 Å². The second-order valence-electron chi connectivity index (χ2n) is 7.15. The van der Waals surface area contributed by atoms with Gasteiger partial charge in [0.05, 0.1) is 24.2 Å². The van der Waals surface area contributed by atoms with E-state index < -0.39 is 60.2 Å². The molecule has 12 heteroatoms. The zero-order valence-electron chi connectivity index (χ0n) is 15.0. The first-order valence-electron chi connectivity index (χ1n) is 8.59. The van der Waals surface area contributed by atoms with Gasteiger partial charge >= 0.3 is 12.4 Å². The third kappa shape index (κ3) is 4.73. The fourth-order valence-corrected chi connectivity index (χ4v) is 3.24. The summed E-state index contributed by atoms with van der Waals surface area (Å²) in [6, 6.07) is 1.13. The van der Waals surface area contributed by atoms with Crippen molar-refractivity contribution in [2.45, 2.75) is 30.6 Å². The van der Waals surface area contributed by atoms with Crippen LogP contribution in [-0.4, -0.2) is 47.2 Å². The number of carbonyl (C=O) groups excluding carboxylic acids is 2. The van der Waals surface area contributed by atoms with Crippen molar-refractivity contribution in [3.05, 3.63) is 47.2 Å². The number of benzene rings is 1. The van der Waals surface area contributed by atoms with Gasteiger partial charge in [0.25, 0.3) is 5.92 Å². The molecule has 1 atom stereocenters. The van der Waals surface area contributed by atoms with Crippen molar-refractivity contribution >= 4 is 11.8 Å². The maximum Gasteiger partial charge on any atom is 0.416 e. The summed E-state index contributed by atoms with van der Waals surface area (Å²) in [5.41, 5.74) is -3.28. The van der Waals surface area contributed by atoms with Gasteiger partial charge in [0, 0.05) is 31.2 Å². The number of amides is 2. The normalized spacial score (nSPS) is 22.0. The minimum absolute atomic E-state index is 0.000542. The van der Waals surface area contributed by atoms with Crippen molar-refractivity contribution in [2.24, 2.45) is 0 Å². The smallest absolute Gasteiger partial charge is 0.327 e. The fourth-order valence-electron chi connectivity index (χ4n) is 3.24. The molecule has 3 rings (SSSR count). The van der Waals surface area contributed by atoms with Gasteiger partial charge in [0.2, 0.25) is 11.8 Å². The zero-order chi connectivity index (χ0) is 22.5. The van der Waals surface area contributed by atoms with Crippen LogP contribution in [0.15, 0.2) is 30.5 Å². The monoisotopic (exact) mass is 442 g/mol. The first-order valence-corrected chi connectivity index (χ1v) is 8.59. The average molecular weight is 442 g/mol. The van der Waals surface area contributed by atoms with E-state index in [1.807, 2.05) is 0 Å². The van der Waals surface area contributed by atoms with Crippen molar-refractivity contribution < 1.29 is 44.7 Å². The highest BCUT2D eigenvalue weighted by molar-refractivity contribution is 5.89. The second kappa shape index (κ2) is 7.24. The van der Waals surface area contributed by atoms with Gasteiger partial charge in [-0.3, -0.25) is 9.59 Å². The number of carbonyl (C=O) groups is 2. The van der Waals surface area contributed by atoms with Crippen LogP contribution in [0.3, 0.4) is 0 Å². The molecule has 2 amide bonds. The largest absolute Gasteiger partial charge is 0.416 e. The first-order chi connectivity index (χ1) is 13.7. The van der Waals surface area contributed by atoms with Crippen LogP contribution in [-0.2, 0) is 21.9 Å². The molecule has 1 unspecified atom stereocenters. The van der Waals surface area contributed by atoms with E-state index in [0.717, 1.165) is 22.1 Å². The third-order valence-electron chi connectivity index (χ3n) is 4.79. The Hall–Kier alpha value is -2.66. The summed E-state index contributed by atoms with van der Waals surface area (Å²) in [7, 11) is 0.